The molecule has 2 heterocycles. The molecule has 2 aromatic rings. The van der Waals surface area contributed by atoms with Crippen LogP contribution in [0.3, 0.4) is 0 Å². The topological polar surface area (TPSA) is 59.8 Å². The summed E-state index contributed by atoms with van der Waals surface area (Å²) in [6, 6.07) is 12.6. The van der Waals surface area contributed by atoms with Crippen LogP contribution in [0.25, 0.3) is 6.08 Å². The molecule has 1 fully saturated rings. The monoisotopic (exact) mass is 417 g/mol. The minimum absolute atomic E-state index is 0.168. The maximum atomic E-state index is 12.9. The van der Waals surface area contributed by atoms with Crippen LogP contribution in [0.5, 0.6) is 0 Å². The molecule has 5 nitrogen and oxygen atoms in total. The van der Waals surface area contributed by atoms with Gasteiger partial charge in [-0.25, -0.2) is 4.79 Å². The van der Waals surface area contributed by atoms with Gasteiger partial charge in [0.05, 0.1) is 0 Å². The van der Waals surface area contributed by atoms with Gasteiger partial charge in [0.1, 0.15) is 5.76 Å². The molecule has 6 heteroatoms. The average molecular weight is 418 g/mol. The number of ether oxygens (including phenoxy) is 1. The zero-order valence-corrected chi connectivity index (χ0v) is 15.9. The number of carbonyl (C=O) groups excluding carboxylic acids is 2. The van der Waals surface area contributed by atoms with Crippen molar-refractivity contribution in [3.8, 4) is 0 Å². The van der Waals surface area contributed by atoms with Crippen LogP contribution in [-0.4, -0.2) is 29.9 Å². The van der Waals surface area contributed by atoms with Crippen LogP contribution in [-0.2, 0) is 14.3 Å². The highest BCUT2D eigenvalue weighted by molar-refractivity contribution is 9.10. The molecule has 0 aliphatic carbocycles. The molecule has 0 radical (unpaired) electrons. The van der Waals surface area contributed by atoms with E-state index in [2.05, 4.69) is 15.9 Å². The van der Waals surface area contributed by atoms with Crippen molar-refractivity contribution in [3.63, 3.8) is 0 Å². The average Bonchev–Trinajstić information content (AvgIpc) is 3.10. The Bertz CT molecular complexity index is 778. The molecule has 0 unspecified atom stereocenters. The molecule has 1 atom stereocenters. The lowest BCUT2D eigenvalue weighted by atomic mass is 10.1. The van der Waals surface area contributed by atoms with E-state index in [4.69, 9.17) is 9.15 Å². The third-order valence-corrected chi connectivity index (χ3v) is 4.63. The Kier molecular flexibility index (Phi) is 6.28. The number of hydrogen-bond acceptors (Lipinski definition) is 4. The number of rotatable bonds is 5. The number of nitrogens with zero attached hydrogens (tertiary/aromatic N) is 1. The molecule has 1 saturated heterocycles. The maximum absolute atomic E-state index is 12.9. The zero-order chi connectivity index (χ0) is 18.4. The first kappa shape index (κ1) is 18.5. The van der Waals surface area contributed by atoms with E-state index in [-0.39, 0.29) is 5.91 Å². The van der Waals surface area contributed by atoms with Crippen LogP contribution < -0.4 is 0 Å². The van der Waals surface area contributed by atoms with Gasteiger partial charge < -0.3 is 14.1 Å². The van der Waals surface area contributed by atoms with Gasteiger partial charge in [0.2, 0.25) is 6.10 Å². The SMILES string of the molecule is O=C(/C=C/c1ccc(Br)o1)O[C@H](C(=O)N1CCCCC1)c1ccccc1. The van der Waals surface area contributed by atoms with Gasteiger partial charge in [-0.15, -0.1) is 0 Å². The summed E-state index contributed by atoms with van der Waals surface area (Å²) >= 11 is 3.21. The Labute approximate surface area is 160 Å². The highest BCUT2D eigenvalue weighted by Gasteiger charge is 2.29. The fourth-order valence-electron chi connectivity index (χ4n) is 2.89. The number of amides is 1. The summed E-state index contributed by atoms with van der Waals surface area (Å²) in [4.78, 5) is 27.0. The largest absolute Gasteiger partial charge is 0.450 e. The molecule has 1 amide bonds. The van der Waals surface area contributed by atoms with E-state index in [9.17, 15) is 9.59 Å². The summed E-state index contributed by atoms with van der Waals surface area (Å²) in [5.74, 6) is -0.234. The van der Waals surface area contributed by atoms with Gasteiger partial charge in [0.15, 0.2) is 4.67 Å². The first-order valence-electron chi connectivity index (χ1n) is 8.61. The Morgan fingerprint density at radius 1 is 1.08 bits per heavy atom. The second-order valence-electron chi connectivity index (χ2n) is 6.09. The summed E-state index contributed by atoms with van der Waals surface area (Å²) in [7, 11) is 0. The summed E-state index contributed by atoms with van der Waals surface area (Å²) in [6.07, 6.45) is 4.93. The predicted octanol–water partition coefficient (Wildman–Crippen LogP) is 4.35. The predicted molar refractivity (Wildman–Crippen MR) is 101 cm³/mol. The number of benzene rings is 1. The van der Waals surface area contributed by atoms with Crippen LogP contribution in [0.1, 0.15) is 36.7 Å². The van der Waals surface area contributed by atoms with Crippen LogP contribution in [0.2, 0.25) is 0 Å². The standard InChI is InChI=1S/C20H20BrNO4/c21-17-11-9-16(25-17)10-12-18(23)26-19(15-7-3-1-4-8-15)20(24)22-13-5-2-6-14-22/h1,3-4,7-12,19H,2,5-6,13-14H2/b12-10+/t19-/m0/s1. The van der Waals surface area contributed by atoms with Crippen LogP contribution >= 0.6 is 15.9 Å². The number of carbonyl (C=O) groups is 2. The molecule has 0 bridgehead atoms. The lowest BCUT2D eigenvalue weighted by Crippen LogP contribution is -2.40. The normalized spacial score (nSPS) is 15.8. The molecular formula is C20H20BrNO4. The van der Waals surface area contributed by atoms with Crippen molar-refractivity contribution in [3.05, 3.63) is 64.5 Å². The van der Waals surface area contributed by atoms with Crippen molar-refractivity contribution in [2.24, 2.45) is 0 Å². The lowest BCUT2D eigenvalue weighted by molar-refractivity contribution is -0.157. The van der Waals surface area contributed by atoms with Gasteiger partial charge in [0, 0.05) is 24.7 Å². The third-order valence-electron chi connectivity index (χ3n) is 4.21. The van der Waals surface area contributed by atoms with Crippen molar-refractivity contribution < 1.29 is 18.7 Å². The Morgan fingerprint density at radius 3 is 2.46 bits per heavy atom. The van der Waals surface area contributed by atoms with Crippen molar-refractivity contribution in [1.82, 2.24) is 4.90 Å². The van der Waals surface area contributed by atoms with Crippen molar-refractivity contribution in [1.29, 1.82) is 0 Å². The minimum Gasteiger partial charge on any atom is -0.450 e. The summed E-state index contributed by atoms with van der Waals surface area (Å²) < 4.78 is 11.4. The van der Waals surface area contributed by atoms with Crippen LogP contribution in [0, 0.1) is 0 Å². The summed E-state index contributed by atoms with van der Waals surface area (Å²) in [6.45, 7) is 1.41. The molecule has 0 saturated carbocycles. The van der Waals surface area contributed by atoms with E-state index in [1.807, 2.05) is 18.2 Å². The van der Waals surface area contributed by atoms with Gasteiger partial charge >= 0.3 is 5.97 Å². The van der Waals surface area contributed by atoms with Gasteiger partial charge in [-0.1, -0.05) is 30.3 Å². The Morgan fingerprint density at radius 2 is 1.81 bits per heavy atom. The summed E-state index contributed by atoms with van der Waals surface area (Å²) in [5.41, 5.74) is 0.672. The quantitative estimate of drug-likeness (QED) is 0.535. The first-order chi connectivity index (χ1) is 12.6. The molecule has 1 aromatic heterocycles. The Hall–Kier alpha value is -2.34. The fraction of sp³-hybridized carbons (Fsp3) is 0.300. The molecule has 1 aliphatic heterocycles. The number of hydrogen-bond donors (Lipinski definition) is 0. The molecule has 1 aliphatic rings. The fourth-order valence-corrected chi connectivity index (χ4v) is 3.21. The van der Waals surface area contributed by atoms with E-state index in [0.29, 0.717) is 29.1 Å². The number of piperidine rings is 1. The van der Waals surface area contributed by atoms with Crippen LogP contribution in [0.15, 0.2) is 57.6 Å². The van der Waals surface area contributed by atoms with Gasteiger partial charge in [-0.05, 0) is 53.4 Å². The Balaban J connectivity index is 1.73. The lowest BCUT2D eigenvalue weighted by Gasteiger charge is -2.30. The molecule has 136 valence electrons. The van der Waals surface area contributed by atoms with Gasteiger partial charge in [-0.2, -0.15) is 0 Å². The molecule has 0 N–H and O–H groups in total. The van der Waals surface area contributed by atoms with Gasteiger partial charge in [0.25, 0.3) is 5.91 Å². The number of likely N-dealkylation sites (tertiary alicyclic amines) is 1. The van der Waals surface area contributed by atoms with Crippen molar-refractivity contribution in [2.75, 3.05) is 13.1 Å². The van der Waals surface area contributed by atoms with Crippen molar-refractivity contribution in [2.45, 2.75) is 25.4 Å². The van der Waals surface area contributed by atoms with E-state index in [1.165, 1.54) is 12.2 Å². The van der Waals surface area contributed by atoms with Crippen molar-refractivity contribution >= 4 is 33.9 Å². The van der Waals surface area contributed by atoms with E-state index < -0.39 is 12.1 Å². The third kappa shape index (κ3) is 4.85. The number of esters is 1. The molecule has 1 aromatic carbocycles. The van der Waals surface area contributed by atoms with Crippen LogP contribution in [0.4, 0.5) is 0 Å². The molecule has 0 spiro atoms. The van der Waals surface area contributed by atoms with E-state index in [0.717, 1.165) is 19.3 Å². The summed E-state index contributed by atoms with van der Waals surface area (Å²) in [5, 5.41) is 0. The number of furan rings is 1. The van der Waals surface area contributed by atoms with E-state index in [1.54, 1.807) is 29.2 Å². The smallest absolute Gasteiger partial charge is 0.332 e. The first-order valence-corrected chi connectivity index (χ1v) is 9.40. The molecular weight excluding hydrogens is 398 g/mol. The molecule has 3 rings (SSSR count). The number of halogens is 1. The molecule has 26 heavy (non-hydrogen) atoms. The highest BCUT2D eigenvalue weighted by Crippen LogP contribution is 2.23. The zero-order valence-electron chi connectivity index (χ0n) is 14.3. The van der Waals surface area contributed by atoms with E-state index >= 15 is 0 Å². The maximum Gasteiger partial charge on any atom is 0.332 e. The second kappa shape index (κ2) is 8.85. The van der Waals surface area contributed by atoms with Gasteiger partial charge in [-0.3, -0.25) is 4.79 Å². The minimum atomic E-state index is -0.935. The second-order valence-corrected chi connectivity index (χ2v) is 6.87. The highest BCUT2D eigenvalue weighted by atomic mass is 79.9.